The third kappa shape index (κ3) is 4.05. The van der Waals surface area contributed by atoms with Gasteiger partial charge in [-0.3, -0.25) is 4.98 Å². The van der Waals surface area contributed by atoms with Gasteiger partial charge in [0, 0.05) is 6.04 Å². The van der Waals surface area contributed by atoms with Crippen LogP contribution >= 0.6 is 0 Å². The highest BCUT2D eigenvalue weighted by atomic mass is 16.5. The summed E-state index contributed by atoms with van der Waals surface area (Å²) >= 11 is 0. The maximum Gasteiger partial charge on any atom is 0.145 e. The molecule has 1 unspecified atom stereocenters. The molecule has 0 aliphatic heterocycles. The van der Waals surface area contributed by atoms with E-state index in [-0.39, 0.29) is 11.5 Å². The lowest BCUT2D eigenvalue weighted by atomic mass is 9.87. The largest absolute Gasteiger partial charge is 0.456 e. The lowest BCUT2D eigenvalue weighted by molar-refractivity contribution is 0.475. The molecule has 2 aromatic rings. The van der Waals surface area contributed by atoms with E-state index in [0.29, 0.717) is 0 Å². The third-order valence-electron chi connectivity index (χ3n) is 3.57. The molecular weight excluding hydrogens is 260 g/mol. The summed E-state index contributed by atoms with van der Waals surface area (Å²) in [6.07, 6.45) is 1.77. The van der Waals surface area contributed by atoms with Crippen molar-refractivity contribution in [1.82, 2.24) is 10.3 Å². The van der Waals surface area contributed by atoms with Crippen molar-refractivity contribution in [1.29, 1.82) is 0 Å². The molecule has 0 bridgehead atoms. The molecule has 0 saturated heterocycles. The second-order valence-electron chi connectivity index (χ2n) is 6.31. The number of nitrogens with one attached hydrogen (secondary N) is 1. The Morgan fingerprint density at radius 1 is 1.10 bits per heavy atom. The van der Waals surface area contributed by atoms with E-state index >= 15 is 0 Å². The first-order chi connectivity index (χ1) is 9.90. The van der Waals surface area contributed by atoms with Crippen molar-refractivity contribution >= 4 is 0 Å². The van der Waals surface area contributed by atoms with E-state index in [0.717, 1.165) is 17.2 Å². The summed E-state index contributed by atoms with van der Waals surface area (Å²) in [6, 6.07) is 12.4. The van der Waals surface area contributed by atoms with Gasteiger partial charge in [0.1, 0.15) is 11.5 Å². The quantitative estimate of drug-likeness (QED) is 0.900. The molecule has 21 heavy (non-hydrogen) atoms. The molecule has 0 saturated carbocycles. The van der Waals surface area contributed by atoms with Crippen LogP contribution in [0.2, 0.25) is 0 Å². The Bertz CT molecular complexity index is 585. The number of hydrogen-bond donors (Lipinski definition) is 1. The van der Waals surface area contributed by atoms with Gasteiger partial charge in [-0.1, -0.05) is 32.9 Å². The molecule has 0 aliphatic rings. The average molecular weight is 284 g/mol. The summed E-state index contributed by atoms with van der Waals surface area (Å²) in [5, 5.41) is 3.17. The Kier molecular flexibility index (Phi) is 4.63. The van der Waals surface area contributed by atoms with E-state index in [1.807, 2.05) is 31.3 Å². The van der Waals surface area contributed by atoms with Gasteiger partial charge in [0.15, 0.2) is 0 Å². The smallest absolute Gasteiger partial charge is 0.145 e. The van der Waals surface area contributed by atoms with Crippen molar-refractivity contribution in [2.45, 2.75) is 39.2 Å². The zero-order valence-electron chi connectivity index (χ0n) is 13.5. The summed E-state index contributed by atoms with van der Waals surface area (Å²) in [4.78, 5) is 4.43. The number of nitrogens with zero attached hydrogens (tertiary/aromatic N) is 1. The van der Waals surface area contributed by atoms with Gasteiger partial charge in [-0.05, 0) is 49.2 Å². The highest BCUT2D eigenvalue weighted by molar-refractivity contribution is 5.36. The maximum absolute atomic E-state index is 5.90. The zero-order chi connectivity index (χ0) is 15.5. The van der Waals surface area contributed by atoms with Crippen molar-refractivity contribution in [2.24, 2.45) is 0 Å². The fraction of sp³-hybridized carbons (Fsp3) is 0.389. The molecule has 0 spiro atoms. The molecule has 0 radical (unpaired) electrons. The predicted octanol–water partition coefficient (Wildman–Crippen LogP) is 4.45. The number of hydrogen-bond acceptors (Lipinski definition) is 3. The molecule has 3 heteroatoms. The van der Waals surface area contributed by atoms with Crippen LogP contribution in [-0.2, 0) is 5.41 Å². The van der Waals surface area contributed by atoms with Crippen LogP contribution in [0.5, 0.6) is 11.5 Å². The van der Waals surface area contributed by atoms with E-state index in [2.05, 4.69) is 50.1 Å². The van der Waals surface area contributed by atoms with Crippen molar-refractivity contribution in [3.63, 3.8) is 0 Å². The van der Waals surface area contributed by atoms with Gasteiger partial charge in [0.25, 0.3) is 0 Å². The van der Waals surface area contributed by atoms with Crippen LogP contribution in [0.15, 0.2) is 42.6 Å². The highest BCUT2D eigenvalue weighted by Gasteiger charge is 2.14. The molecule has 0 fully saturated rings. The molecule has 112 valence electrons. The van der Waals surface area contributed by atoms with E-state index in [1.54, 1.807) is 6.20 Å². The standard InChI is InChI=1S/C18H24N2O/c1-13(19-5)17-10-9-16(12-20-17)21-15-8-6-7-14(11-15)18(2,3)4/h6-13,19H,1-5H3. The first kappa shape index (κ1) is 15.5. The minimum absolute atomic E-state index is 0.115. The van der Waals surface area contributed by atoms with Gasteiger partial charge in [0.2, 0.25) is 0 Å². The number of ether oxygens (including phenoxy) is 1. The SMILES string of the molecule is CNC(C)c1ccc(Oc2cccc(C(C)(C)C)c2)cn1. The predicted molar refractivity (Wildman–Crippen MR) is 86.9 cm³/mol. The molecule has 3 nitrogen and oxygen atoms in total. The van der Waals surface area contributed by atoms with Gasteiger partial charge >= 0.3 is 0 Å². The topological polar surface area (TPSA) is 34.1 Å². The minimum atomic E-state index is 0.115. The Labute approximate surface area is 127 Å². The van der Waals surface area contributed by atoms with E-state index in [4.69, 9.17) is 4.74 Å². The Morgan fingerprint density at radius 3 is 2.43 bits per heavy atom. The average Bonchev–Trinajstić information content (AvgIpc) is 2.47. The first-order valence-electron chi connectivity index (χ1n) is 7.32. The van der Waals surface area contributed by atoms with Crippen molar-refractivity contribution in [3.8, 4) is 11.5 Å². The summed E-state index contributed by atoms with van der Waals surface area (Å²) in [5.41, 5.74) is 2.38. The molecule has 1 heterocycles. The zero-order valence-corrected chi connectivity index (χ0v) is 13.5. The van der Waals surface area contributed by atoms with Crippen molar-refractivity contribution in [2.75, 3.05) is 7.05 Å². The van der Waals surface area contributed by atoms with E-state index < -0.39 is 0 Å². The molecule has 1 aromatic heterocycles. The molecule has 1 aromatic carbocycles. The fourth-order valence-electron chi connectivity index (χ4n) is 2.02. The second-order valence-corrected chi connectivity index (χ2v) is 6.31. The summed E-state index contributed by atoms with van der Waals surface area (Å²) in [6.45, 7) is 8.67. The summed E-state index contributed by atoms with van der Waals surface area (Å²) < 4.78 is 5.90. The first-order valence-corrected chi connectivity index (χ1v) is 7.32. The Balaban J connectivity index is 2.15. The molecule has 0 aliphatic carbocycles. The second kappa shape index (κ2) is 6.27. The molecule has 0 amide bonds. The minimum Gasteiger partial charge on any atom is -0.456 e. The van der Waals surface area contributed by atoms with Crippen LogP contribution in [0.4, 0.5) is 0 Å². The molecule has 1 atom stereocenters. The summed E-state index contributed by atoms with van der Waals surface area (Å²) in [5.74, 6) is 1.60. The molecule has 2 rings (SSSR count). The Morgan fingerprint density at radius 2 is 1.86 bits per heavy atom. The van der Waals surface area contributed by atoms with Crippen LogP contribution in [0.25, 0.3) is 0 Å². The van der Waals surface area contributed by atoms with Crippen LogP contribution in [-0.4, -0.2) is 12.0 Å². The lowest BCUT2D eigenvalue weighted by Gasteiger charge is -2.19. The number of rotatable bonds is 4. The van der Waals surface area contributed by atoms with Gasteiger partial charge < -0.3 is 10.1 Å². The van der Waals surface area contributed by atoms with E-state index in [1.165, 1.54) is 5.56 Å². The van der Waals surface area contributed by atoms with Crippen molar-refractivity contribution < 1.29 is 4.74 Å². The molecule has 1 N–H and O–H groups in total. The highest BCUT2D eigenvalue weighted by Crippen LogP contribution is 2.28. The maximum atomic E-state index is 5.90. The monoisotopic (exact) mass is 284 g/mol. The van der Waals surface area contributed by atoms with Gasteiger partial charge in [-0.15, -0.1) is 0 Å². The van der Waals surface area contributed by atoms with Crippen LogP contribution in [0.3, 0.4) is 0 Å². The number of benzene rings is 1. The van der Waals surface area contributed by atoms with Gasteiger partial charge in [-0.2, -0.15) is 0 Å². The van der Waals surface area contributed by atoms with E-state index in [9.17, 15) is 0 Å². The van der Waals surface area contributed by atoms with Crippen LogP contribution < -0.4 is 10.1 Å². The lowest BCUT2D eigenvalue weighted by Crippen LogP contribution is -2.13. The Hall–Kier alpha value is -1.87. The van der Waals surface area contributed by atoms with Crippen LogP contribution in [0.1, 0.15) is 45.0 Å². The normalized spacial score (nSPS) is 13.0. The summed E-state index contributed by atoms with van der Waals surface area (Å²) in [7, 11) is 1.93. The third-order valence-corrected chi connectivity index (χ3v) is 3.57. The van der Waals surface area contributed by atoms with Crippen LogP contribution in [0, 0.1) is 0 Å². The number of pyridine rings is 1. The van der Waals surface area contributed by atoms with Gasteiger partial charge in [0.05, 0.1) is 11.9 Å². The molecular formula is C18H24N2O. The number of aromatic nitrogens is 1. The fourth-order valence-corrected chi connectivity index (χ4v) is 2.02. The van der Waals surface area contributed by atoms with Gasteiger partial charge in [-0.25, -0.2) is 0 Å². The van der Waals surface area contributed by atoms with Crippen molar-refractivity contribution in [3.05, 3.63) is 53.9 Å².